The van der Waals surface area contributed by atoms with Crippen molar-refractivity contribution in [3.63, 3.8) is 0 Å². The zero-order valence-electron chi connectivity index (χ0n) is 14.8. The van der Waals surface area contributed by atoms with Gasteiger partial charge in [-0.05, 0) is 20.8 Å². The molecule has 0 saturated heterocycles. The normalized spacial score (nSPS) is 15.2. The maximum absolute atomic E-state index is 12.8. The zero-order chi connectivity index (χ0) is 18.9. The third kappa shape index (κ3) is 3.14. The number of hydrogen-bond acceptors (Lipinski definition) is 6. The van der Waals surface area contributed by atoms with Gasteiger partial charge in [-0.1, -0.05) is 48.5 Å². The van der Waals surface area contributed by atoms with E-state index in [2.05, 4.69) is 0 Å². The molecule has 0 bridgehead atoms. The highest BCUT2D eigenvalue weighted by molar-refractivity contribution is 6.12. The van der Waals surface area contributed by atoms with Crippen LogP contribution in [0.5, 0.6) is 0 Å². The molecule has 0 radical (unpaired) electrons. The number of hydrogen-bond donors (Lipinski definition) is 1. The number of rotatable bonds is 4. The Bertz CT molecular complexity index is 800. The standard InChI is InChI=1S/C20H20O6/c1-19(2,3)25-17(21)12-24-20(26-23)15-10-6-4-8-13(15)18(22)14-9-5-7-11-16(14)20/h4-11,23H,12H2,1-3H3. The second-order valence-corrected chi connectivity index (χ2v) is 7.00. The lowest BCUT2D eigenvalue weighted by molar-refractivity contribution is -0.395. The van der Waals surface area contributed by atoms with Crippen LogP contribution >= 0.6 is 0 Å². The first-order valence-corrected chi connectivity index (χ1v) is 8.20. The van der Waals surface area contributed by atoms with Crippen molar-refractivity contribution in [2.45, 2.75) is 32.2 Å². The molecular weight excluding hydrogens is 336 g/mol. The van der Waals surface area contributed by atoms with Crippen LogP contribution in [-0.4, -0.2) is 29.2 Å². The van der Waals surface area contributed by atoms with Gasteiger partial charge >= 0.3 is 5.97 Å². The first-order chi connectivity index (χ1) is 12.3. The van der Waals surface area contributed by atoms with Crippen molar-refractivity contribution < 1.29 is 29.2 Å². The van der Waals surface area contributed by atoms with Crippen LogP contribution in [0.1, 0.15) is 47.8 Å². The van der Waals surface area contributed by atoms with Gasteiger partial charge < -0.3 is 9.47 Å². The molecule has 136 valence electrons. The minimum absolute atomic E-state index is 0.204. The lowest BCUT2D eigenvalue weighted by Crippen LogP contribution is -2.42. The fourth-order valence-electron chi connectivity index (χ4n) is 3.04. The van der Waals surface area contributed by atoms with Gasteiger partial charge in [-0.3, -0.25) is 4.79 Å². The average Bonchev–Trinajstić information content (AvgIpc) is 2.61. The third-order valence-electron chi connectivity index (χ3n) is 3.99. The summed E-state index contributed by atoms with van der Waals surface area (Å²) < 4.78 is 11.0. The summed E-state index contributed by atoms with van der Waals surface area (Å²) in [6.45, 7) is 4.77. The molecule has 0 amide bonds. The second-order valence-electron chi connectivity index (χ2n) is 7.00. The molecule has 0 spiro atoms. The van der Waals surface area contributed by atoms with E-state index < -0.39 is 24.0 Å². The molecule has 6 heteroatoms. The third-order valence-corrected chi connectivity index (χ3v) is 3.99. The Kier molecular flexibility index (Phi) is 4.66. The lowest BCUT2D eigenvalue weighted by Gasteiger charge is -2.36. The molecule has 0 heterocycles. The molecule has 0 aromatic heterocycles. The summed E-state index contributed by atoms with van der Waals surface area (Å²) in [6, 6.07) is 13.3. The Labute approximate surface area is 151 Å². The van der Waals surface area contributed by atoms with Crippen LogP contribution in [0.3, 0.4) is 0 Å². The predicted molar refractivity (Wildman–Crippen MR) is 92.6 cm³/mol. The van der Waals surface area contributed by atoms with Crippen molar-refractivity contribution in [1.82, 2.24) is 0 Å². The Morgan fingerprint density at radius 1 is 1.00 bits per heavy atom. The summed E-state index contributed by atoms with van der Waals surface area (Å²) in [5.74, 6) is -2.61. The van der Waals surface area contributed by atoms with Crippen molar-refractivity contribution in [2.24, 2.45) is 0 Å². The molecule has 2 aromatic rings. The summed E-state index contributed by atoms with van der Waals surface area (Å²) in [7, 11) is 0. The maximum atomic E-state index is 12.8. The molecule has 0 aliphatic heterocycles. The number of carbonyl (C=O) groups excluding carboxylic acids is 2. The van der Waals surface area contributed by atoms with E-state index in [9.17, 15) is 14.8 Å². The van der Waals surface area contributed by atoms with Crippen molar-refractivity contribution in [1.29, 1.82) is 0 Å². The van der Waals surface area contributed by atoms with Gasteiger partial charge in [-0.15, -0.1) is 0 Å². The number of benzene rings is 2. The second kappa shape index (κ2) is 6.64. The van der Waals surface area contributed by atoms with Gasteiger partial charge in [0.05, 0.1) is 0 Å². The molecule has 0 fully saturated rings. The summed E-state index contributed by atoms with van der Waals surface area (Å²) in [5.41, 5.74) is 0.657. The summed E-state index contributed by atoms with van der Waals surface area (Å²) in [6.07, 6.45) is 0. The van der Waals surface area contributed by atoms with Gasteiger partial charge in [0, 0.05) is 22.3 Å². The quantitative estimate of drug-likeness (QED) is 0.392. The molecule has 1 N–H and O–H groups in total. The van der Waals surface area contributed by atoms with Gasteiger partial charge in [0.15, 0.2) is 5.78 Å². The van der Waals surface area contributed by atoms with E-state index in [0.717, 1.165) is 0 Å². The molecule has 0 unspecified atom stereocenters. The van der Waals surface area contributed by atoms with Crippen molar-refractivity contribution in [3.05, 3.63) is 70.8 Å². The fourth-order valence-corrected chi connectivity index (χ4v) is 3.04. The summed E-state index contributed by atoms with van der Waals surface area (Å²) in [5, 5.41) is 9.78. The Morgan fingerprint density at radius 3 is 1.96 bits per heavy atom. The molecule has 3 rings (SSSR count). The largest absolute Gasteiger partial charge is 0.458 e. The van der Waals surface area contributed by atoms with E-state index in [4.69, 9.17) is 14.4 Å². The van der Waals surface area contributed by atoms with Gasteiger partial charge in [0.2, 0.25) is 0 Å². The average molecular weight is 356 g/mol. The van der Waals surface area contributed by atoms with Gasteiger partial charge in [0.25, 0.3) is 5.79 Å². The van der Waals surface area contributed by atoms with Gasteiger partial charge in [-0.2, -0.15) is 4.89 Å². The van der Waals surface area contributed by atoms with E-state index in [-0.39, 0.29) is 5.78 Å². The number of fused-ring (bicyclic) bond motifs is 2. The molecule has 26 heavy (non-hydrogen) atoms. The van der Waals surface area contributed by atoms with Crippen LogP contribution in [0, 0.1) is 0 Å². The van der Waals surface area contributed by atoms with Crippen molar-refractivity contribution >= 4 is 11.8 Å². The van der Waals surface area contributed by atoms with Crippen LogP contribution in [0.25, 0.3) is 0 Å². The van der Waals surface area contributed by atoms with E-state index in [1.807, 2.05) is 0 Å². The highest BCUT2D eigenvalue weighted by Crippen LogP contribution is 2.43. The first-order valence-electron chi connectivity index (χ1n) is 8.20. The summed E-state index contributed by atoms with van der Waals surface area (Å²) >= 11 is 0. The fraction of sp³-hybridized carbons (Fsp3) is 0.300. The lowest BCUT2D eigenvalue weighted by atomic mass is 9.80. The number of ether oxygens (including phenoxy) is 2. The Morgan fingerprint density at radius 2 is 1.50 bits per heavy atom. The first kappa shape index (κ1) is 18.3. The molecule has 0 saturated carbocycles. The SMILES string of the molecule is CC(C)(C)OC(=O)COC1(OO)c2ccccc2C(=O)c2ccccc21. The van der Waals surface area contributed by atoms with Crippen LogP contribution in [0.2, 0.25) is 0 Å². The van der Waals surface area contributed by atoms with Crippen molar-refractivity contribution in [3.8, 4) is 0 Å². The molecule has 2 aromatic carbocycles. The van der Waals surface area contributed by atoms with Crippen LogP contribution in [0.15, 0.2) is 48.5 Å². The monoisotopic (exact) mass is 356 g/mol. The van der Waals surface area contributed by atoms with Gasteiger partial charge in [0.1, 0.15) is 12.2 Å². The summed E-state index contributed by atoms with van der Waals surface area (Å²) in [4.78, 5) is 29.6. The number of carbonyl (C=O) groups is 2. The number of esters is 1. The zero-order valence-corrected chi connectivity index (χ0v) is 14.8. The topological polar surface area (TPSA) is 82.1 Å². The molecule has 0 atom stereocenters. The number of ketones is 1. The predicted octanol–water partition coefficient (Wildman–Crippen LogP) is 3.28. The van der Waals surface area contributed by atoms with Crippen LogP contribution in [-0.2, 0) is 24.9 Å². The van der Waals surface area contributed by atoms with Gasteiger partial charge in [-0.25, -0.2) is 10.1 Å². The van der Waals surface area contributed by atoms with E-state index >= 15 is 0 Å². The highest BCUT2D eigenvalue weighted by atomic mass is 17.1. The minimum atomic E-state index is -1.79. The minimum Gasteiger partial charge on any atom is -0.458 e. The highest BCUT2D eigenvalue weighted by Gasteiger charge is 2.47. The van der Waals surface area contributed by atoms with Crippen LogP contribution in [0.4, 0.5) is 0 Å². The maximum Gasteiger partial charge on any atom is 0.332 e. The van der Waals surface area contributed by atoms with E-state index in [1.165, 1.54) is 0 Å². The molecule has 1 aliphatic rings. The smallest absolute Gasteiger partial charge is 0.332 e. The Balaban J connectivity index is 2.04. The van der Waals surface area contributed by atoms with E-state index in [0.29, 0.717) is 22.3 Å². The molecule has 1 aliphatic carbocycles. The van der Waals surface area contributed by atoms with Crippen LogP contribution < -0.4 is 0 Å². The Hall–Kier alpha value is -2.54. The molecular formula is C20H20O6. The molecule has 6 nitrogen and oxygen atoms in total. The van der Waals surface area contributed by atoms with Crippen molar-refractivity contribution in [2.75, 3.05) is 6.61 Å². The van der Waals surface area contributed by atoms with E-state index in [1.54, 1.807) is 69.3 Å².